The molecule has 0 aliphatic rings. The smallest absolute Gasteiger partial charge is 0.250 e. The number of anilines is 1. The van der Waals surface area contributed by atoms with Crippen molar-refractivity contribution in [2.24, 2.45) is 0 Å². The fourth-order valence-corrected chi connectivity index (χ4v) is 2.66. The van der Waals surface area contributed by atoms with Crippen LogP contribution in [0, 0.1) is 11.3 Å². The van der Waals surface area contributed by atoms with E-state index in [9.17, 15) is 8.42 Å². The van der Waals surface area contributed by atoms with Crippen molar-refractivity contribution in [3.8, 4) is 6.07 Å². The molecule has 0 aliphatic heterocycles. The summed E-state index contributed by atoms with van der Waals surface area (Å²) in [5.41, 5.74) is 1.64. The number of nitriles is 1. The van der Waals surface area contributed by atoms with Gasteiger partial charge in [-0.3, -0.25) is 0 Å². The second-order valence-corrected chi connectivity index (χ2v) is 7.16. The van der Waals surface area contributed by atoms with Crippen LogP contribution in [0.3, 0.4) is 0 Å². The Hall–Kier alpha value is -1.88. The lowest BCUT2D eigenvalue weighted by Crippen LogP contribution is -2.28. The highest BCUT2D eigenvalue weighted by Gasteiger charge is 2.16. The Bertz CT molecular complexity index is 672. The van der Waals surface area contributed by atoms with Crippen molar-refractivity contribution in [2.45, 2.75) is 20.0 Å². The molecule has 6 nitrogen and oxygen atoms in total. The molecule has 23 heavy (non-hydrogen) atoms. The van der Waals surface area contributed by atoms with Gasteiger partial charge in [-0.1, -0.05) is 12.1 Å². The summed E-state index contributed by atoms with van der Waals surface area (Å²) in [5.74, 6) is 0. The van der Waals surface area contributed by atoms with E-state index in [0.717, 1.165) is 5.69 Å². The molecule has 0 saturated carbocycles. The van der Waals surface area contributed by atoms with Crippen LogP contribution in [-0.4, -0.2) is 41.8 Å². The molecule has 0 unspecified atom stereocenters. The Kier molecular flexibility index (Phi) is 7.23. The second-order valence-electron chi connectivity index (χ2n) is 5.42. The zero-order valence-corrected chi connectivity index (χ0v) is 14.7. The Morgan fingerprint density at radius 1 is 1.35 bits per heavy atom. The van der Waals surface area contributed by atoms with Crippen molar-refractivity contribution in [1.29, 1.82) is 5.26 Å². The largest absolute Gasteiger partial charge is 0.378 e. The number of allylic oxidation sites excluding steroid dienone is 1. The number of ether oxygens (including phenoxy) is 1. The van der Waals surface area contributed by atoms with Crippen LogP contribution in [0.4, 0.5) is 5.69 Å². The van der Waals surface area contributed by atoms with Crippen LogP contribution in [0.2, 0.25) is 0 Å². The van der Waals surface area contributed by atoms with Crippen LogP contribution in [0.15, 0.2) is 29.2 Å². The molecule has 0 aliphatic carbocycles. The number of nitrogens with zero attached hydrogens (tertiary/aromatic N) is 2. The minimum Gasteiger partial charge on any atom is -0.378 e. The third-order valence-corrected chi connectivity index (χ3v) is 4.32. The Balaban J connectivity index is 2.83. The third kappa shape index (κ3) is 6.40. The van der Waals surface area contributed by atoms with Gasteiger partial charge in [0.15, 0.2) is 4.91 Å². The molecule has 1 aromatic carbocycles. The molecule has 0 spiro atoms. The van der Waals surface area contributed by atoms with Gasteiger partial charge in [0.1, 0.15) is 6.07 Å². The van der Waals surface area contributed by atoms with Gasteiger partial charge in [0.05, 0.1) is 12.7 Å². The number of rotatable bonds is 8. The summed E-state index contributed by atoms with van der Waals surface area (Å²) in [6.45, 7) is 4.12. The maximum atomic E-state index is 12.1. The normalized spacial score (nSPS) is 12.3. The summed E-state index contributed by atoms with van der Waals surface area (Å²) in [7, 11) is -0.00377. The lowest BCUT2D eigenvalue weighted by molar-refractivity contribution is 0.0834. The fourth-order valence-electron chi connectivity index (χ4n) is 1.74. The van der Waals surface area contributed by atoms with Gasteiger partial charge in [0, 0.05) is 26.3 Å². The molecule has 0 aromatic heterocycles. The molecule has 0 amide bonds. The predicted octanol–water partition coefficient (Wildman–Crippen LogP) is 1.96. The highest BCUT2D eigenvalue weighted by atomic mass is 32.2. The Labute approximate surface area is 138 Å². The number of sulfonamides is 1. The summed E-state index contributed by atoms with van der Waals surface area (Å²) in [6, 6.07) is 8.99. The van der Waals surface area contributed by atoms with E-state index in [1.807, 2.05) is 45.0 Å². The third-order valence-electron chi connectivity index (χ3n) is 2.95. The van der Waals surface area contributed by atoms with Gasteiger partial charge in [-0.05, 0) is 37.6 Å². The van der Waals surface area contributed by atoms with Crippen molar-refractivity contribution >= 4 is 21.8 Å². The zero-order chi connectivity index (χ0) is 17.5. The van der Waals surface area contributed by atoms with Crippen LogP contribution in [-0.2, 0) is 14.8 Å². The first-order valence-electron chi connectivity index (χ1n) is 7.26. The zero-order valence-electron chi connectivity index (χ0n) is 13.9. The lowest BCUT2D eigenvalue weighted by Gasteiger charge is -2.12. The molecule has 0 fully saturated rings. The molecule has 0 bridgehead atoms. The molecule has 0 saturated heterocycles. The van der Waals surface area contributed by atoms with E-state index >= 15 is 0 Å². The molecule has 7 heteroatoms. The highest BCUT2D eigenvalue weighted by molar-refractivity contribution is 7.93. The van der Waals surface area contributed by atoms with Gasteiger partial charge in [-0.2, -0.15) is 5.26 Å². The summed E-state index contributed by atoms with van der Waals surface area (Å²) in [4.78, 5) is 1.62. The van der Waals surface area contributed by atoms with Crippen molar-refractivity contribution in [3.05, 3.63) is 34.7 Å². The number of hydrogen-bond acceptors (Lipinski definition) is 5. The quantitative estimate of drug-likeness (QED) is 0.579. The van der Waals surface area contributed by atoms with E-state index in [1.165, 1.54) is 6.08 Å². The number of benzene rings is 1. The van der Waals surface area contributed by atoms with Gasteiger partial charge in [0.25, 0.3) is 10.0 Å². The summed E-state index contributed by atoms with van der Waals surface area (Å²) >= 11 is 0. The topological polar surface area (TPSA) is 82.4 Å². The van der Waals surface area contributed by atoms with Crippen molar-refractivity contribution in [1.82, 2.24) is 4.72 Å². The van der Waals surface area contributed by atoms with Crippen LogP contribution < -0.4 is 9.62 Å². The van der Waals surface area contributed by atoms with Gasteiger partial charge < -0.3 is 9.64 Å². The molecular weight excluding hydrogens is 314 g/mol. The maximum absolute atomic E-state index is 12.1. The van der Waals surface area contributed by atoms with Gasteiger partial charge in [-0.25, -0.2) is 13.1 Å². The molecule has 1 aromatic rings. The minimum atomic E-state index is -3.84. The lowest BCUT2D eigenvalue weighted by atomic mass is 10.2. The van der Waals surface area contributed by atoms with Gasteiger partial charge >= 0.3 is 0 Å². The van der Waals surface area contributed by atoms with Crippen LogP contribution >= 0.6 is 0 Å². The summed E-state index contributed by atoms with van der Waals surface area (Å²) < 4.78 is 31.9. The summed E-state index contributed by atoms with van der Waals surface area (Å²) in [5, 5.41) is 9.13. The Morgan fingerprint density at radius 2 is 1.96 bits per heavy atom. The second kappa shape index (κ2) is 8.67. The SMILES string of the molecule is CC(C)OCCNS(=O)(=O)/C(C#N)=C/c1ccc(N(C)C)cc1. The monoisotopic (exact) mass is 337 g/mol. The molecule has 1 rings (SSSR count). The van der Waals surface area contributed by atoms with E-state index in [2.05, 4.69) is 4.72 Å². The molecule has 0 atom stereocenters. The molecule has 1 N–H and O–H groups in total. The van der Waals surface area contributed by atoms with Crippen LogP contribution in [0.25, 0.3) is 6.08 Å². The van der Waals surface area contributed by atoms with Gasteiger partial charge in [0.2, 0.25) is 0 Å². The van der Waals surface area contributed by atoms with Gasteiger partial charge in [-0.15, -0.1) is 0 Å². The average Bonchev–Trinajstić information content (AvgIpc) is 2.49. The first-order valence-corrected chi connectivity index (χ1v) is 8.75. The van der Waals surface area contributed by atoms with Crippen LogP contribution in [0.1, 0.15) is 19.4 Å². The first kappa shape index (κ1) is 19.2. The van der Waals surface area contributed by atoms with E-state index in [1.54, 1.807) is 18.2 Å². The minimum absolute atomic E-state index is 0.0284. The summed E-state index contributed by atoms with van der Waals surface area (Å²) in [6.07, 6.45) is 1.38. The molecule has 0 heterocycles. The molecular formula is C16H23N3O3S. The van der Waals surface area contributed by atoms with E-state index in [4.69, 9.17) is 10.00 Å². The van der Waals surface area contributed by atoms with E-state index in [-0.39, 0.29) is 24.2 Å². The fraction of sp³-hybridized carbons (Fsp3) is 0.438. The van der Waals surface area contributed by atoms with Crippen molar-refractivity contribution in [2.75, 3.05) is 32.1 Å². The van der Waals surface area contributed by atoms with Crippen LogP contribution in [0.5, 0.6) is 0 Å². The van der Waals surface area contributed by atoms with Crippen molar-refractivity contribution < 1.29 is 13.2 Å². The first-order chi connectivity index (χ1) is 10.8. The number of nitrogens with one attached hydrogen (secondary N) is 1. The maximum Gasteiger partial charge on any atom is 0.250 e. The van der Waals surface area contributed by atoms with Crippen molar-refractivity contribution in [3.63, 3.8) is 0 Å². The Morgan fingerprint density at radius 3 is 2.43 bits per heavy atom. The predicted molar refractivity (Wildman–Crippen MR) is 92.4 cm³/mol. The number of hydrogen-bond donors (Lipinski definition) is 1. The van der Waals surface area contributed by atoms with E-state index in [0.29, 0.717) is 5.56 Å². The average molecular weight is 337 g/mol. The highest BCUT2D eigenvalue weighted by Crippen LogP contribution is 2.16. The molecule has 0 radical (unpaired) electrons. The molecule has 126 valence electrons. The standard InChI is InChI=1S/C16H23N3O3S/c1-13(2)22-10-9-18-23(20,21)16(12-17)11-14-5-7-15(8-6-14)19(3)4/h5-8,11,13,18H,9-10H2,1-4H3/b16-11+. The van der Waals surface area contributed by atoms with E-state index < -0.39 is 10.0 Å².